The normalized spacial score (nSPS) is 18.5. The van der Waals surface area contributed by atoms with Crippen LogP contribution < -0.4 is 10.6 Å². The van der Waals surface area contributed by atoms with Crippen LogP contribution >= 0.6 is 0 Å². The van der Waals surface area contributed by atoms with Crippen LogP contribution in [-0.2, 0) is 11.2 Å². The molecule has 104 valence electrons. The molecule has 1 aliphatic heterocycles. The summed E-state index contributed by atoms with van der Waals surface area (Å²) >= 11 is 0. The highest BCUT2D eigenvalue weighted by Gasteiger charge is 2.26. The number of amides is 1. The van der Waals surface area contributed by atoms with Gasteiger partial charge in [0, 0.05) is 18.2 Å². The Morgan fingerprint density at radius 1 is 1.42 bits per heavy atom. The lowest BCUT2D eigenvalue weighted by atomic mass is 10.1. The first-order valence-corrected chi connectivity index (χ1v) is 7.35. The maximum absolute atomic E-state index is 12.2. The molecule has 1 aromatic rings. The second-order valence-corrected chi connectivity index (χ2v) is 5.46. The van der Waals surface area contributed by atoms with E-state index in [1.165, 1.54) is 24.8 Å². The predicted molar refractivity (Wildman–Crippen MR) is 79.3 cm³/mol. The first kappa shape index (κ1) is 13.9. The van der Waals surface area contributed by atoms with E-state index in [0.717, 1.165) is 18.5 Å². The quantitative estimate of drug-likeness (QED) is 0.772. The van der Waals surface area contributed by atoms with Crippen LogP contribution in [0.25, 0.3) is 0 Å². The zero-order chi connectivity index (χ0) is 13.7. The molecule has 0 aliphatic carbocycles. The first-order valence-electron chi connectivity index (χ1n) is 7.35. The molecular weight excluding hydrogens is 236 g/mol. The molecule has 2 N–H and O–H groups in total. The molecular formula is C16H24N2O. The van der Waals surface area contributed by atoms with Gasteiger partial charge in [-0.15, -0.1) is 0 Å². The third-order valence-corrected chi connectivity index (χ3v) is 3.72. The summed E-state index contributed by atoms with van der Waals surface area (Å²) < 4.78 is 0. The molecule has 0 aromatic heterocycles. The number of carbonyl (C=O) groups is 1. The van der Waals surface area contributed by atoms with Crippen molar-refractivity contribution in [2.45, 2.75) is 58.0 Å². The van der Waals surface area contributed by atoms with Crippen molar-refractivity contribution >= 4 is 11.6 Å². The van der Waals surface area contributed by atoms with Crippen LogP contribution in [0.5, 0.6) is 0 Å². The highest BCUT2D eigenvalue weighted by molar-refractivity contribution is 5.87. The zero-order valence-corrected chi connectivity index (χ0v) is 11.9. The van der Waals surface area contributed by atoms with Crippen molar-refractivity contribution in [1.82, 2.24) is 5.32 Å². The van der Waals surface area contributed by atoms with Crippen molar-refractivity contribution in [2.24, 2.45) is 0 Å². The Labute approximate surface area is 115 Å². The van der Waals surface area contributed by atoms with Gasteiger partial charge in [-0.1, -0.05) is 44.4 Å². The van der Waals surface area contributed by atoms with E-state index in [-0.39, 0.29) is 18.0 Å². The van der Waals surface area contributed by atoms with Crippen LogP contribution in [0.3, 0.4) is 0 Å². The fourth-order valence-corrected chi connectivity index (χ4v) is 2.57. The monoisotopic (exact) mass is 260 g/mol. The number of benzene rings is 1. The summed E-state index contributed by atoms with van der Waals surface area (Å²) in [4.78, 5) is 12.2. The minimum atomic E-state index is -0.106. The summed E-state index contributed by atoms with van der Waals surface area (Å²) in [7, 11) is 0. The van der Waals surface area contributed by atoms with E-state index in [9.17, 15) is 4.79 Å². The Morgan fingerprint density at radius 3 is 2.95 bits per heavy atom. The molecule has 2 rings (SSSR count). The van der Waals surface area contributed by atoms with Gasteiger partial charge in [0.15, 0.2) is 0 Å². The van der Waals surface area contributed by atoms with Crippen LogP contribution in [0.15, 0.2) is 24.3 Å². The summed E-state index contributed by atoms with van der Waals surface area (Å²) in [5, 5.41) is 6.41. The summed E-state index contributed by atoms with van der Waals surface area (Å²) in [6, 6.07) is 8.30. The van der Waals surface area contributed by atoms with Crippen LogP contribution in [0.2, 0.25) is 0 Å². The number of rotatable bonds is 6. The van der Waals surface area contributed by atoms with Crippen molar-refractivity contribution in [3.05, 3.63) is 29.8 Å². The summed E-state index contributed by atoms with van der Waals surface area (Å²) in [6.07, 6.45) is 5.52. The summed E-state index contributed by atoms with van der Waals surface area (Å²) in [6.45, 7) is 4.29. The van der Waals surface area contributed by atoms with E-state index in [4.69, 9.17) is 0 Å². The van der Waals surface area contributed by atoms with E-state index in [2.05, 4.69) is 30.5 Å². The lowest BCUT2D eigenvalue weighted by Gasteiger charge is -2.17. The fraction of sp³-hybridized carbons (Fsp3) is 0.562. The molecule has 0 spiro atoms. The standard InChI is InChI=1S/C16H24N2O/c1-3-4-5-8-12(2)17-16(19)15-11-13-9-6-7-10-14(13)18-15/h6-7,9-10,12,15,18H,3-5,8,11H2,1-2H3,(H,17,19). The average Bonchev–Trinajstić information content (AvgIpc) is 2.83. The van der Waals surface area contributed by atoms with Gasteiger partial charge in [0.2, 0.25) is 5.91 Å². The van der Waals surface area contributed by atoms with Crippen molar-refractivity contribution < 1.29 is 4.79 Å². The van der Waals surface area contributed by atoms with E-state index in [1.807, 2.05) is 18.2 Å². The molecule has 3 nitrogen and oxygen atoms in total. The Morgan fingerprint density at radius 2 is 2.21 bits per heavy atom. The fourth-order valence-electron chi connectivity index (χ4n) is 2.57. The van der Waals surface area contributed by atoms with Crippen molar-refractivity contribution in [1.29, 1.82) is 0 Å². The van der Waals surface area contributed by atoms with Gasteiger partial charge in [-0.3, -0.25) is 4.79 Å². The van der Waals surface area contributed by atoms with E-state index >= 15 is 0 Å². The Hall–Kier alpha value is -1.51. The average molecular weight is 260 g/mol. The van der Waals surface area contributed by atoms with Gasteiger partial charge >= 0.3 is 0 Å². The highest BCUT2D eigenvalue weighted by Crippen LogP contribution is 2.25. The summed E-state index contributed by atoms with van der Waals surface area (Å²) in [5.74, 6) is 0.125. The smallest absolute Gasteiger partial charge is 0.243 e. The van der Waals surface area contributed by atoms with Crippen molar-refractivity contribution in [2.75, 3.05) is 5.32 Å². The maximum Gasteiger partial charge on any atom is 0.243 e. The SMILES string of the molecule is CCCCCC(C)NC(=O)C1Cc2ccccc2N1. The summed E-state index contributed by atoms with van der Waals surface area (Å²) in [5.41, 5.74) is 2.34. The highest BCUT2D eigenvalue weighted by atomic mass is 16.2. The first-order chi connectivity index (χ1) is 9.20. The van der Waals surface area contributed by atoms with Crippen LogP contribution in [0.1, 0.15) is 45.1 Å². The molecule has 1 amide bonds. The van der Waals surface area contributed by atoms with Gasteiger partial charge in [-0.2, -0.15) is 0 Å². The van der Waals surface area contributed by atoms with Crippen molar-refractivity contribution in [3.8, 4) is 0 Å². The third kappa shape index (κ3) is 3.72. The van der Waals surface area contributed by atoms with Gasteiger partial charge in [-0.25, -0.2) is 0 Å². The number of fused-ring (bicyclic) bond motifs is 1. The second kappa shape index (κ2) is 6.60. The maximum atomic E-state index is 12.2. The molecule has 19 heavy (non-hydrogen) atoms. The number of hydrogen-bond donors (Lipinski definition) is 2. The van der Waals surface area contributed by atoms with E-state index in [0.29, 0.717) is 0 Å². The molecule has 2 atom stereocenters. The molecule has 0 saturated carbocycles. The van der Waals surface area contributed by atoms with Crippen LogP contribution in [-0.4, -0.2) is 18.0 Å². The van der Waals surface area contributed by atoms with Gasteiger partial charge in [0.25, 0.3) is 0 Å². The lowest BCUT2D eigenvalue weighted by Crippen LogP contribution is -2.42. The Bertz CT molecular complexity index is 406. The molecule has 1 aromatic carbocycles. The van der Waals surface area contributed by atoms with Crippen molar-refractivity contribution in [3.63, 3.8) is 0 Å². The van der Waals surface area contributed by atoms with Gasteiger partial charge in [0.05, 0.1) is 0 Å². The molecule has 3 heteroatoms. The number of unbranched alkanes of at least 4 members (excludes halogenated alkanes) is 2. The molecule has 0 bridgehead atoms. The molecule has 0 radical (unpaired) electrons. The molecule has 0 fully saturated rings. The zero-order valence-electron chi connectivity index (χ0n) is 11.9. The number of para-hydroxylation sites is 1. The van der Waals surface area contributed by atoms with Gasteiger partial charge in [-0.05, 0) is 25.0 Å². The van der Waals surface area contributed by atoms with Crippen LogP contribution in [0, 0.1) is 0 Å². The number of anilines is 1. The number of hydrogen-bond acceptors (Lipinski definition) is 2. The largest absolute Gasteiger partial charge is 0.373 e. The second-order valence-electron chi connectivity index (χ2n) is 5.46. The van der Waals surface area contributed by atoms with E-state index in [1.54, 1.807) is 0 Å². The topological polar surface area (TPSA) is 41.1 Å². The predicted octanol–water partition coefficient (Wildman–Crippen LogP) is 3.11. The van der Waals surface area contributed by atoms with Crippen LogP contribution in [0.4, 0.5) is 5.69 Å². The van der Waals surface area contributed by atoms with Gasteiger partial charge in [0.1, 0.15) is 6.04 Å². The Balaban J connectivity index is 1.79. The van der Waals surface area contributed by atoms with E-state index < -0.39 is 0 Å². The number of nitrogens with one attached hydrogen (secondary N) is 2. The molecule has 1 aliphatic rings. The minimum absolute atomic E-state index is 0.106. The lowest BCUT2D eigenvalue weighted by molar-refractivity contribution is -0.122. The Kier molecular flexibility index (Phi) is 4.83. The molecule has 2 unspecified atom stereocenters. The minimum Gasteiger partial charge on any atom is -0.373 e. The molecule has 0 saturated heterocycles. The van der Waals surface area contributed by atoms with Gasteiger partial charge < -0.3 is 10.6 Å². The molecule has 1 heterocycles. The number of carbonyl (C=O) groups excluding carboxylic acids is 1. The third-order valence-electron chi connectivity index (χ3n) is 3.72.